The first kappa shape index (κ1) is 19.2. The number of carbonyl (C=O) groups excluding carboxylic acids is 1. The van der Waals surface area contributed by atoms with Crippen LogP contribution in [0.15, 0.2) is 23.1 Å². The highest BCUT2D eigenvalue weighted by Crippen LogP contribution is 2.23. The van der Waals surface area contributed by atoms with Crippen LogP contribution in [0, 0.1) is 0 Å². The highest BCUT2D eigenvalue weighted by molar-refractivity contribution is 7.90. The van der Waals surface area contributed by atoms with Crippen LogP contribution in [0.3, 0.4) is 0 Å². The third-order valence-corrected chi connectivity index (χ3v) is 5.21. The highest BCUT2D eigenvalue weighted by Gasteiger charge is 2.25. The minimum absolute atomic E-state index is 0. The summed E-state index contributed by atoms with van der Waals surface area (Å²) in [6.07, 6.45) is 2.87. The number of rotatable bonds is 3. The zero-order valence-corrected chi connectivity index (χ0v) is 14.9. The van der Waals surface area contributed by atoms with Crippen LogP contribution in [-0.2, 0) is 9.84 Å². The SMILES string of the molecule is CN(C(=O)c1cc(S(C)(=O)=O)ccc1Cl)C1CCNCC1.Cl. The second kappa shape index (κ2) is 7.64. The molecule has 1 aromatic rings. The van der Waals surface area contributed by atoms with Gasteiger partial charge in [-0.1, -0.05) is 11.6 Å². The summed E-state index contributed by atoms with van der Waals surface area (Å²) >= 11 is 6.07. The molecule has 0 bridgehead atoms. The van der Waals surface area contributed by atoms with Gasteiger partial charge in [-0.25, -0.2) is 8.42 Å². The number of hydrogen-bond donors (Lipinski definition) is 1. The summed E-state index contributed by atoms with van der Waals surface area (Å²) in [5, 5.41) is 3.52. The van der Waals surface area contributed by atoms with Crippen molar-refractivity contribution in [2.75, 3.05) is 26.4 Å². The van der Waals surface area contributed by atoms with Gasteiger partial charge in [0.1, 0.15) is 0 Å². The Labute approximate surface area is 142 Å². The fourth-order valence-electron chi connectivity index (χ4n) is 2.45. The lowest BCUT2D eigenvalue weighted by Gasteiger charge is -2.32. The van der Waals surface area contributed by atoms with Gasteiger partial charge in [0.05, 0.1) is 15.5 Å². The molecule has 1 aliphatic heterocycles. The van der Waals surface area contributed by atoms with E-state index in [2.05, 4.69) is 5.32 Å². The molecule has 1 aromatic carbocycles. The quantitative estimate of drug-likeness (QED) is 0.887. The maximum Gasteiger partial charge on any atom is 0.255 e. The van der Waals surface area contributed by atoms with Gasteiger partial charge in [0.15, 0.2) is 9.84 Å². The van der Waals surface area contributed by atoms with Gasteiger partial charge >= 0.3 is 0 Å². The standard InChI is InChI=1S/C14H19ClN2O3S.ClH/c1-17(10-5-7-16-8-6-10)14(18)12-9-11(21(2,19)20)3-4-13(12)15;/h3-4,9-10,16H,5-8H2,1-2H3;1H. The first-order valence-electron chi connectivity index (χ1n) is 6.78. The third kappa shape index (κ3) is 4.35. The van der Waals surface area contributed by atoms with E-state index in [4.69, 9.17) is 11.6 Å². The average Bonchev–Trinajstić information content (AvgIpc) is 2.46. The van der Waals surface area contributed by atoms with Gasteiger partial charge in [-0.15, -0.1) is 12.4 Å². The normalized spacial score (nSPS) is 16.0. The van der Waals surface area contributed by atoms with E-state index in [0.717, 1.165) is 32.2 Å². The van der Waals surface area contributed by atoms with Gasteiger partial charge in [-0.3, -0.25) is 4.79 Å². The topological polar surface area (TPSA) is 66.5 Å². The molecule has 1 N–H and O–H groups in total. The van der Waals surface area contributed by atoms with Crippen molar-refractivity contribution in [3.8, 4) is 0 Å². The Balaban J connectivity index is 0.00000242. The largest absolute Gasteiger partial charge is 0.339 e. The van der Waals surface area contributed by atoms with Gasteiger partial charge in [0.25, 0.3) is 5.91 Å². The van der Waals surface area contributed by atoms with Crippen molar-refractivity contribution < 1.29 is 13.2 Å². The molecule has 1 heterocycles. The first-order chi connectivity index (χ1) is 9.80. The molecule has 0 radical (unpaired) electrons. The molecule has 0 aromatic heterocycles. The van der Waals surface area contributed by atoms with Crippen LogP contribution in [0.2, 0.25) is 5.02 Å². The Morgan fingerprint density at radius 3 is 2.45 bits per heavy atom. The molecule has 124 valence electrons. The number of sulfone groups is 1. The number of piperidine rings is 1. The van der Waals surface area contributed by atoms with E-state index >= 15 is 0 Å². The van der Waals surface area contributed by atoms with E-state index in [1.54, 1.807) is 11.9 Å². The van der Waals surface area contributed by atoms with Gasteiger partial charge in [0.2, 0.25) is 0 Å². The molecular weight excluding hydrogens is 347 g/mol. The number of halogens is 2. The summed E-state index contributed by atoms with van der Waals surface area (Å²) < 4.78 is 23.2. The van der Waals surface area contributed by atoms with Crippen LogP contribution in [0.1, 0.15) is 23.2 Å². The summed E-state index contributed by atoms with van der Waals surface area (Å²) in [4.78, 5) is 14.3. The zero-order chi connectivity index (χ0) is 15.6. The molecule has 5 nitrogen and oxygen atoms in total. The molecule has 8 heteroatoms. The minimum Gasteiger partial charge on any atom is -0.339 e. The van der Waals surface area contributed by atoms with Crippen LogP contribution >= 0.6 is 24.0 Å². The molecule has 0 spiro atoms. The molecule has 1 fully saturated rings. The summed E-state index contributed by atoms with van der Waals surface area (Å²) in [6.45, 7) is 1.75. The van der Waals surface area contributed by atoms with Crippen molar-refractivity contribution in [1.82, 2.24) is 10.2 Å². The van der Waals surface area contributed by atoms with Crippen molar-refractivity contribution >= 4 is 39.8 Å². The monoisotopic (exact) mass is 366 g/mol. The van der Waals surface area contributed by atoms with Crippen molar-refractivity contribution in [2.24, 2.45) is 0 Å². The van der Waals surface area contributed by atoms with Crippen LogP contribution < -0.4 is 5.32 Å². The van der Waals surface area contributed by atoms with Crippen molar-refractivity contribution in [3.63, 3.8) is 0 Å². The lowest BCUT2D eigenvalue weighted by molar-refractivity contribution is 0.0703. The van der Waals surface area contributed by atoms with Crippen LogP contribution in [0.25, 0.3) is 0 Å². The molecule has 1 saturated heterocycles. The fourth-order valence-corrected chi connectivity index (χ4v) is 3.29. The molecule has 22 heavy (non-hydrogen) atoms. The van der Waals surface area contributed by atoms with E-state index in [9.17, 15) is 13.2 Å². The molecule has 0 unspecified atom stereocenters. The molecule has 1 amide bonds. The third-order valence-electron chi connectivity index (χ3n) is 3.77. The predicted molar refractivity (Wildman–Crippen MR) is 89.8 cm³/mol. The Bertz CT molecular complexity index is 643. The fraction of sp³-hybridized carbons (Fsp3) is 0.500. The number of carbonyl (C=O) groups is 1. The Hall–Kier alpha value is -0.820. The molecular formula is C14H20Cl2N2O3S. The van der Waals surface area contributed by atoms with Crippen LogP contribution in [0.4, 0.5) is 0 Å². The van der Waals surface area contributed by atoms with Gasteiger partial charge in [-0.2, -0.15) is 0 Å². The maximum absolute atomic E-state index is 12.6. The molecule has 0 aliphatic carbocycles. The van der Waals surface area contributed by atoms with Crippen molar-refractivity contribution in [1.29, 1.82) is 0 Å². The smallest absolute Gasteiger partial charge is 0.255 e. The molecule has 0 saturated carbocycles. The average molecular weight is 367 g/mol. The predicted octanol–water partition coefficient (Wildman–Crippen LogP) is 1.99. The van der Waals surface area contributed by atoms with E-state index in [1.165, 1.54) is 18.2 Å². The number of benzene rings is 1. The number of nitrogens with one attached hydrogen (secondary N) is 1. The van der Waals surface area contributed by atoms with Gasteiger partial charge in [-0.05, 0) is 44.1 Å². The van der Waals surface area contributed by atoms with Gasteiger partial charge in [0, 0.05) is 19.3 Å². The number of hydrogen-bond acceptors (Lipinski definition) is 4. The van der Waals surface area contributed by atoms with Crippen molar-refractivity contribution in [2.45, 2.75) is 23.8 Å². The van der Waals surface area contributed by atoms with E-state index in [1.807, 2.05) is 0 Å². The van der Waals surface area contributed by atoms with E-state index in [-0.39, 0.29) is 39.8 Å². The van der Waals surface area contributed by atoms with E-state index in [0.29, 0.717) is 0 Å². The lowest BCUT2D eigenvalue weighted by Crippen LogP contribution is -2.44. The molecule has 2 rings (SSSR count). The van der Waals surface area contributed by atoms with Crippen LogP contribution in [0.5, 0.6) is 0 Å². The summed E-state index contributed by atoms with van der Waals surface area (Å²) in [6, 6.07) is 4.38. The number of nitrogens with zero attached hydrogens (tertiary/aromatic N) is 1. The minimum atomic E-state index is -3.37. The highest BCUT2D eigenvalue weighted by atomic mass is 35.5. The van der Waals surface area contributed by atoms with Gasteiger partial charge < -0.3 is 10.2 Å². The molecule has 1 aliphatic rings. The lowest BCUT2D eigenvalue weighted by atomic mass is 10.0. The summed E-state index contributed by atoms with van der Waals surface area (Å²) in [5.41, 5.74) is 0.237. The number of amides is 1. The Kier molecular flexibility index (Phi) is 6.67. The first-order valence-corrected chi connectivity index (χ1v) is 9.05. The Morgan fingerprint density at radius 1 is 1.32 bits per heavy atom. The van der Waals surface area contributed by atoms with Crippen LogP contribution in [-0.4, -0.2) is 51.7 Å². The summed E-state index contributed by atoms with van der Waals surface area (Å²) in [5.74, 6) is -0.239. The summed E-state index contributed by atoms with van der Waals surface area (Å²) in [7, 11) is -1.63. The van der Waals surface area contributed by atoms with E-state index < -0.39 is 9.84 Å². The Morgan fingerprint density at radius 2 is 1.91 bits per heavy atom. The maximum atomic E-state index is 12.6. The van der Waals surface area contributed by atoms with Crippen molar-refractivity contribution in [3.05, 3.63) is 28.8 Å². The zero-order valence-electron chi connectivity index (χ0n) is 12.5. The second-order valence-electron chi connectivity index (χ2n) is 5.31. The molecule has 0 atom stereocenters. The second-order valence-corrected chi connectivity index (χ2v) is 7.73.